The summed E-state index contributed by atoms with van der Waals surface area (Å²) in [6.45, 7) is 0. The van der Waals surface area contributed by atoms with E-state index in [0.29, 0.717) is 15.6 Å². The Morgan fingerprint density at radius 2 is 1.17 bits per heavy atom. The molecule has 0 amide bonds. The number of nitrogens with zero attached hydrogens (tertiary/aromatic N) is 1. The smallest absolute Gasteiger partial charge is 0.102 e. The van der Waals surface area contributed by atoms with Gasteiger partial charge in [-0.2, -0.15) is 5.26 Å². The molecular weight excluding hydrogens is 377 g/mol. The Morgan fingerprint density at radius 3 is 1.58 bits per heavy atom. The van der Waals surface area contributed by atoms with Crippen LogP contribution in [0.2, 0.25) is 10.0 Å². The highest BCUT2D eigenvalue weighted by molar-refractivity contribution is 8.00. The average Bonchev–Trinajstić information content (AvgIpc) is 2.55. The fourth-order valence-electron chi connectivity index (χ4n) is 2.11. The Labute approximate surface area is 159 Å². The summed E-state index contributed by atoms with van der Waals surface area (Å²) in [4.78, 5) is 3.83. The predicted octanol–water partition coefficient (Wildman–Crippen LogP) is 7.17. The van der Waals surface area contributed by atoms with Gasteiger partial charge in [-0.3, -0.25) is 0 Å². The molecule has 0 fully saturated rings. The summed E-state index contributed by atoms with van der Waals surface area (Å²) >= 11 is 15.2. The molecule has 0 atom stereocenters. The Morgan fingerprint density at radius 1 is 0.708 bits per heavy atom. The zero-order chi connectivity index (χ0) is 16.9. The lowest BCUT2D eigenvalue weighted by Gasteiger charge is -2.09. The van der Waals surface area contributed by atoms with Gasteiger partial charge in [0, 0.05) is 29.6 Å². The monoisotopic (exact) mass is 387 g/mol. The van der Waals surface area contributed by atoms with Crippen molar-refractivity contribution in [2.24, 2.45) is 0 Å². The molecule has 0 aliphatic heterocycles. The second-order valence-electron chi connectivity index (χ2n) is 4.86. The van der Waals surface area contributed by atoms with E-state index in [9.17, 15) is 5.26 Å². The lowest BCUT2D eigenvalue weighted by molar-refractivity contribution is 1.25. The highest BCUT2D eigenvalue weighted by atomic mass is 35.5. The number of halogens is 2. The molecular formula is C19H11Cl2NS2. The van der Waals surface area contributed by atoms with Gasteiger partial charge in [0.2, 0.25) is 0 Å². The minimum atomic E-state index is 0.660. The highest BCUT2D eigenvalue weighted by Gasteiger charge is 2.11. The van der Waals surface area contributed by atoms with Crippen LogP contribution in [0, 0.1) is 11.3 Å². The quantitative estimate of drug-likeness (QED) is 0.473. The van der Waals surface area contributed by atoms with E-state index < -0.39 is 0 Å². The number of nitriles is 1. The molecule has 0 spiro atoms. The van der Waals surface area contributed by atoms with Crippen molar-refractivity contribution in [2.75, 3.05) is 0 Å². The third-order valence-corrected chi connectivity index (χ3v) is 5.72. The van der Waals surface area contributed by atoms with Crippen LogP contribution in [0.5, 0.6) is 0 Å². The van der Waals surface area contributed by atoms with Crippen LogP contribution < -0.4 is 0 Å². The van der Waals surface area contributed by atoms with Gasteiger partial charge in [0.05, 0.1) is 5.56 Å². The summed E-state index contributed by atoms with van der Waals surface area (Å²) in [6.07, 6.45) is 0. The van der Waals surface area contributed by atoms with Gasteiger partial charge in [-0.25, -0.2) is 0 Å². The highest BCUT2D eigenvalue weighted by Crippen LogP contribution is 2.38. The van der Waals surface area contributed by atoms with Crippen LogP contribution in [0.25, 0.3) is 0 Å². The second-order valence-corrected chi connectivity index (χ2v) is 7.96. The molecule has 0 aliphatic carbocycles. The third-order valence-electron chi connectivity index (χ3n) is 3.15. The summed E-state index contributed by atoms with van der Waals surface area (Å²) in [5.74, 6) is 0. The van der Waals surface area contributed by atoms with Crippen molar-refractivity contribution in [3.05, 3.63) is 82.3 Å². The van der Waals surface area contributed by atoms with Crippen molar-refractivity contribution >= 4 is 46.7 Å². The molecule has 0 aliphatic rings. The SMILES string of the molecule is N#Cc1c(Sc2cccc(Cl)c2)cccc1Sc1cccc(Cl)c1. The van der Waals surface area contributed by atoms with Gasteiger partial charge in [-0.05, 0) is 48.5 Å². The summed E-state index contributed by atoms with van der Waals surface area (Å²) in [5, 5.41) is 11.0. The zero-order valence-corrected chi connectivity index (χ0v) is 15.5. The molecule has 118 valence electrons. The number of hydrogen-bond donors (Lipinski definition) is 0. The van der Waals surface area contributed by atoms with Gasteiger partial charge in [0.15, 0.2) is 0 Å². The van der Waals surface area contributed by atoms with Crippen molar-refractivity contribution in [1.82, 2.24) is 0 Å². The average molecular weight is 388 g/mol. The summed E-state index contributed by atoms with van der Waals surface area (Å²) < 4.78 is 0. The lowest BCUT2D eigenvalue weighted by Crippen LogP contribution is -1.86. The van der Waals surface area contributed by atoms with Crippen LogP contribution in [0.3, 0.4) is 0 Å². The van der Waals surface area contributed by atoms with Crippen molar-refractivity contribution in [2.45, 2.75) is 19.6 Å². The number of benzene rings is 3. The number of hydrogen-bond acceptors (Lipinski definition) is 3. The van der Waals surface area contributed by atoms with E-state index in [-0.39, 0.29) is 0 Å². The van der Waals surface area contributed by atoms with Crippen molar-refractivity contribution < 1.29 is 0 Å². The summed E-state index contributed by atoms with van der Waals surface area (Å²) in [7, 11) is 0. The van der Waals surface area contributed by atoms with Gasteiger partial charge in [-0.15, -0.1) is 0 Å². The molecule has 0 saturated heterocycles. The molecule has 0 N–H and O–H groups in total. The van der Waals surface area contributed by atoms with E-state index in [1.165, 1.54) is 23.5 Å². The maximum Gasteiger partial charge on any atom is 0.102 e. The first-order valence-electron chi connectivity index (χ1n) is 7.05. The van der Waals surface area contributed by atoms with Crippen LogP contribution in [-0.2, 0) is 0 Å². The van der Waals surface area contributed by atoms with E-state index in [1.54, 1.807) is 0 Å². The van der Waals surface area contributed by atoms with Crippen LogP contribution in [0.15, 0.2) is 86.3 Å². The fourth-order valence-corrected chi connectivity index (χ4v) is 4.66. The maximum absolute atomic E-state index is 9.64. The Balaban J connectivity index is 1.93. The van der Waals surface area contributed by atoms with E-state index >= 15 is 0 Å². The first kappa shape index (κ1) is 17.3. The van der Waals surface area contributed by atoms with Gasteiger partial charge in [0.25, 0.3) is 0 Å². The molecule has 0 aromatic heterocycles. The van der Waals surface area contributed by atoms with Crippen LogP contribution >= 0.6 is 46.7 Å². The molecule has 1 nitrogen and oxygen atoms in total. The normalized spacial score (nSPS) is 10.4. The Bertz CT molecular complexity index is 853. The summed E-state index contributed by atoms with van der Waals surface area (Å²) in [5.41, 5.74) is 0.660. The first-order chi connectivity index (χ1) is 11.7. The third kappa shape index (κ3) is 4.28. The Hall–Kier alpha value is -1.57. The molecule has 0 heterocycles. The Kier molecular flexibility index (Phi) is 5.76. The van der Waals surface area contributed by atoms with Gasteiger partial charge in [0.1, 0.15) is 6.07 Å². The van der Waals surface area contributed by atoms with Crippen molar-refractivity contribution in [3.63, 3.8) is 0 Å². The van der Waals surface area contributed by atoms with Crippen molar-refractivity contribution in [3.8, 4) is 6.07 Å². The molecule has 24 heavy (non-hydrogen) atoms. The molecule has 3 aromatic carbocycles. The molecule has 0 bridgehead atoms. The maximum atomic E-state index is 9.64. The van der Waals surface area contributed by atoms with E-state index in [1.807, 2.05) is 66.7 Å². The fraction of sp³-hybridized carbons (Fsp3) is 0. The predicted molar refractivity (Wildman–Crippen MR) is 102 cm³/mol. The topological polar surface area (TPSA) is 23.8 Å². The molecule has 5 heteroatoms. The minimum absolute atomic E-state index is 0.660. The van der Waals surface area contributed by atoms with E-state index in [2.05, 4.69) is 6.07 Å². The standard InChI is InChI=1S/C19H11Cl2NS2/c20-13-4-1-6-15(10-13)23-18-8-3-9-19(17(18)12-22)24-16-7-2-5-14(21)11-16/h1-11H. The number of rotatable bonds is 4. The van der Waals surface area contributed by atoms with E-state index in [0.717, 1.165) is 19.6 Å². The van der Waals surface area contributed by atoms with Crippen molar-refractivity contribution in [1.29, 1.82) is 5.26 Å². The van der Waals surface area contributed by atoms with Crippen LogP contribution in [0.4, 0.5) is 0 Å². The molecule has 3 rings (SSSR count). The second kappa shape index (κ2) is 8.00. The molecule has 3 aromatic rings. The first-order valence-corrected chi connectivity index (χ1v) is 9.44. The molecule has 0 radical (unpaired) electrons. The summed E-state index contributed by atoms with van der Waals surface area (Å²) in [6, 6.07) is 23.4. The lowest BCUT2D eigenvalue weighted by atomic mass is 10.2. The molecule has 0 unspecified atom stereocenters. The van der Waals surface area contributed by atoms with Crippen LogP contribution in [-0.4, -0.2) is 0 Å². The van der Waals surface area contributed by atoms with E-state index in [4.69, 9.17) is 23.2 Å². The minimum Gasteiger partial charge on any atom is -0.192 e. The van der Waals surface area contributed by atoms with Gasteiger partial charge >= 0.3 is 0 Å². The van der Waals surface area contributed by atoms with Gasteiger partial charge in [-0.1, -0.05) is 64.9 Å². The van der Waals surface area contributed by atoms with Crippen LogP contribution in [0.1, 0.15) is 5.56 Å². The zero-order valence-electron chi connectivity index (χ0n) is 12.4. The molecule has 0 saturated carbocycles. The van der Waals surface area contributed by atoms with Gasteiger partial charge < -0.3 is 0 Å². The largest absolute Gasteiger partial charge is 0.192 e.